The lowest BCUT2D eigenvalue weighted by Gasteiger charge is -2.34. The van der Waals surface area contributed by atoms with E-state index in [1.165, 1.54) is 6.07 Å². The van der Waals surface area contributed by atoms with E-state index in [1.807, 2.05) is 0 Å². The third-order valence-corrected chi connectivity index (χ3v) is 3.67. The Morgan fingerprint density at radius 2 is 2.06 bits per heavy atom. The van der Waals surface area contributed by atoms with Gasteiger partial charge in [-0.3, -0.25) is 0 Å². The Hall–Kier alpha value is -0.350. The second-order valence-corrected chi connectivity index (χ2v) is 5.29. The lowest BCUT2D eigenvalue weighted by atomic mass is 9.88. The maximum atomic E-state index is 13.0. The van der Waals surface area contributed by atoms with E-state index in [1.54, 1.807) is 12.1 Å². The molecule has 1 atom stereocenters. The molecule has 1 aromatic carbocycles. The molecule has 1 rings (SSSR count). The first kappa shape index (κ1) is 17.6. The number of rotatable bonds is 5. The monoisotopic (exact) mass is 294 g/mol. The van der Waals surface area contributed by atoms with Gasteiger partial charge in [0.25, 0.3) is 0 Å². The van der Waals surface area contributed by atoms with Crippen LogP contribution in [0.25, 0.3) is 0 Å². The normalized spacial score (nSPS) is 14.2. The molecule has 0 amide bonds. The maximum Gasteiger partial charge on any atom is 0.141 e. The fourth-order valence-electron chi connectivity index (χ4n) is 1.47. The molecule has 5 heteroatoms. The van der Waals surface area contributed by atoms with Crippen LogP contribution in [0, 0.1) is 11.7 Å². The topological polar surface area (TPSA) is 38.0 Å². The summed E-state index contributed by atoms with van der Waals surface area (Å²) < 4.78 is 13.0. The summed E-state index contributed by atoms with van der Waals surface area (Å²) in [7, 11) is 0. The van der Waals surface area contributed by atoms with Crippen LogP contribution in [0.1, 0.15) is 26.3 Å². The zero-order valence-corrected chi connectivity index (χ0v) is 12.5. The third-order valence-electron chi connectivity index (χ3n) is 3.38. The van der Waals surface area contributed by atoms with E-state index in [2.05, 4.69) is 26.1 Å². The number of halogens is 3. The zero-order chi connectivity index (χ0) is 13.1. The van der Waals surface area contributed by atoms with E-state index in [0.29, 0.717) is 19.0 Å². The van der Waals surface area contributed by atoms with Gasteiger partial charge in [-0.05, 0) is 30.5 Å². The first-order valence-corrected chi connectivity index (χ1v) is 6.16. The summed E-state index contributed by atoms with van der Waals surface area (Å²) in [4.78, 5) is 0. The molecule has 0 aliphatic carbocycles. The molecule has 0 aliphatic rings. The van der Waals surface area contributed by atoms with Crippen molar-refractivity contribution < 1.29 is 4.39 Å². The van der Waals surface area contributed by atoms with Crippen molar-refractivity contribution in [3.63, 3.8) is 0 Å². The highest BCUT2D eigenvalue weighted by molar-refractivity contribution is 6.30. The minimum atomic E-state index is -0.388. The van der Waals surface area contributed by atoms with E-state index in [-0.39, 0.29) is 28.8 Å². The predicted molar refractivity (Wildman–Crippen MR) is 77.8 cm³/mol. The molecular formula is C13H21Cl2FN2. The Bertz CT molecular complexity index is 385. The van der Waals surface area contributed by atoms with Crippen molar-refractivity contribution in [3.05, 3.63) is 34.6 Å². The fourth-order valence-corrected chi connectivity index (χ4v) is 1.67. The largest absolute Gasteiger partial charge is 0.329 e. The van der Waals surface area contributed by atoms with Crippen LogP contribution in [0.3, 0.4) is 0 Å². The highest BCUT2D eigenvalue weighted by Gasteiger charge is 2.25. The lowest BCUT2D eigenvalue weighted by Crippen LogP contribution is -2.52. The highest BCUT2D eigenvalue weighted by atomic mass is 35.5. The summed E-state index contributed by atoms with van der Waals surface area (Å²) in [5.41, 5.74) is 6.61. The first-order chi connectivity index (χ1) is 7.89. The summed E-state index contributed by atoms with van der Waals surface area (Å²) in [6.45, 7) is 7.52. The summed E-state index contributed by atoms with van der Waals surface area (Å²) in [5, 5.41) is 3.56. The lowest BCUT2D eigenvalue weighted by molar-refractivity contribution is 0.267. The van der Waals surface area contributed by atoms with Gasteiger partial charge < -0.3 is 11.1 Å². The van der Waals surface area contributed by atoms with E-state index in [9.17, 15) is 4.39 Å². The molecule has 0 bridgehead atoms. The molecule has 0 saturated carbocycles. The van der Waals surface area contributed by atoms with Crippen LogP contribution in [0.4, 0.5) is 4.39 Å². The minimum absolute atomic E-state index is 0. The van der Waals surface area contributed by atoms with Gasteiger partial charge in [0.2, 0.25) is 0 Å². The second kappa shape index (κ2) is 7.29. The molecule has 0 aromatic heterocycles. The van der Waals surface area contributed by atoms with Crippen molar-refractivity contribution in [2.75, 3.05) is 6.54 Å². The molecule has 0 fully saturated rings. The Morgan fingerprint density at radius 1 is 1.44 bits per heavy atom. The average Bonchev–Trinajstić information content (AvgIpc) is 2.30. The Kier molecular flexibility index (Phi) is 7.15. The van der Waals surface area contributed by atoms with Gasteiger partial charge in [-0.1, -0.05) is 31.5 Å². The van der Waals surface area contributed by atoms with Gasteiger partial charge in [0.1, 0.15) is 5.82 Å². The van der Waals surface area contributed by atoms with Crippen molar-refractivity contribution in [3.8, 4) is 0 Å². The average molecular weight is 295 g/mol. The van der Waals surface area contributed by atoms with Gasteiger partial charge >= 0.3 is 0 Å². The maximum absolute atomic E-state index is 13.0. The molecule has 18 heavy (non-hydrogen) atoms. The summed E-state index contributed by atoms with van der Waals surface area (Å²) in [6.07, 6.45) is 0. The zero-order valence-electron chi connectivity index (χ0n) is 11.0. The minimum Gasteiger partial charge on any atom is -0.329 e. The molecule has 2 nitrogen and oxygen atoms in total. The Balaban J connectivity index is 0.00000289. The van der Waals surface area contributed by atoms with Crippen LogP contribution in [-0.2, 0) is 6.54 Å². The summed E-state index contributed by atoms with van der Waals surface area (Å²) in [6, 6.07) is 4.75. The Morgan fingerprint density at radius 3 is 2.50 bits per heavy atom. The summed E-state index contributed by atoms with van der Waals surface area (Å²) >= 11 is 5.73. The molecular weight excluding hydrogens is 274 g/mol. The van der Waals surface area contributed by atoms with Crippen molar-refractivity contribution in [2.45, 2.75) is 32.9 Å². The molecule has 0 aliphatic heterocycles. The first-order valence-electron chi connectivity index (χ1n) is 5.78. The van der Waals surface area contributed by atoms with E-state index >= 15 is 0 Å². The SMILES string of the molecule is CC(C)C(C)(CN)NCc1ccc(F)c(Cl)c1.Cl. The van der Waals surface area contributed by atoms with Crippen LogP contribution in [0.2, 0.25) is 5.02 Å². The van der Waals surface area contributed by atoms with Gasteiger partial charge in [0, 0.05) is 18.6 Å². The number of nitrogens with one attached hydrogen (secondary N) is 1. The van der Waals surface area contributed by atoms with Gasteiger partial charge in [-0.25, -0.2) is 4.39 Å². The molecule has 0 saturated heterocycles. The van der Waals surface area contributed by atoms with Crippen molar-refractivity contribution >= 4 is 24.0 Å². The van der Waals surface area contributed by atoms with Gasteiger partial charge in [0.15, 0.2) is 0 Å². The molecule has 3 N–H and O–H groups in total. The number of hydrogen-bond donors (Lipinski definition) is 2. The van der Waals surface area contributed by atoms with Gasteiger partial charge in [-0.15, -0.1) is 12.4 Å². The van der Waals surface area contributed by atoms with E-state index in [4.69, 9.17) is 17.3 Å². The molecule has 0 radical (unpaired) electrons. The van der Waals surface area contributed by atoms with E-state index < -0.39 is 0 Å². The Labute approximate surface area is 119 Å². The third kappa shape index (κ3) is 4.39. The molecule has 0 spiro atoms. The van der Waals surface area contributed by atoms with Crippen molar-refractivity contribution in [1.82, 2.24) is 5.32 Å². The van der Waals surface area contributed by atoms with E-state index in [0.717, 1.165) is 5.56 Å². The molecule has 0 heterocycles. The van der Waals surface area contributed by atoms with Crippen LogP contribution in [0.15, 0.2) is 18.2 Å². The molecule has 104 valence electrons. The van der Waals surface area contributed by atoms with Gasteiger partial charge in [-0.2, -0.15) is 0 Å². The standard InChI is InChI=1S/C13H20ClFN2.ClH/c1-9(2)13(3,8-16)17-7-10-4-5-12(15)11(14)6-10;/h4-6,9,17H,7-8,16H2,1-3H3;1H. The smallest absolute Gasteiger partial charge is 0.141 e. The number of hydrogen-bond acceptors (Lipinski definition) is 2. The van der Waals surface area contributed by atoms with Crippen molar-refractivity contribution in [2.24, 2.45) is 11.7 Å². The molecule has 1 unspecified atom stereocenters. The van der Waals surface area contributed by atoms with Crippen LogP contribution >= 0.6 is 24.0 Å². The predicted octanol–water partition coefficient (Wildman–Crippen LogP) is 3.36. The van der Waals surface area contributed by atoms with Crippen LogP contribution in [0.5, 0.6) is 0 Å². The van der Waals surface area contributed by atoms with Crippen LogP contribution in [-0.4, -0.2) is 12.1 Å². The fraction of sp³-hybridized carbons (Fsp3) is 0.538. The number of benzene rings is 1. The van der Waals surface area contributed by atoms with Gasteiger partial charge in [0.05, 0.1) is 5.02 Å². The van der Waals surface area contributed by atoms with Crippen LogP contribution < -0.4 is 11.1 Å². The quantitative estimate of drug-likeness (QED) is 0.874. The van der Waals surface area contributed by atoms with Crippen molar-refractivity contribution in [1.29, 1.82) is 0 Å². The second-order valence-electron chi connectivity index (χ2n) is 4.88. The summed E-state index contributed by atoms with van der Waals surface area (Å²) in [5.74, 6) is 0.0317. The molecule has 1 aromatic rings. The highest BCUT2D eigenvalue weighted by Crippen LogP contribution is 2.18. The number of nitrogens with two attached hydrogens (primary N) is 1.